The molecular weight excluding hydrogens is 324 g/mol. The molecule has 0 saturated heterocycles. The SMILES string of the molecule is CCc1ccc(C(=O)C(Br)Br)c(OC)c1. The van der Waals surface area contributed by atoms with Crippen molar-refractivity contribution in [3.05, 3.63) is 29.3 Å². The number of methoxy groups -OCH3 is 1. The van der Waals surface area contributed by atoms with Gasteiger partial charge in [-0.15, -0.1) is 0 Å². The van der Waals surface area contributed by atoms with Crippen LogP contribution < -0.4 is 4.74 Å². The average molecular weight is 336 g/mol. The number of benzene rings is 1. The molecule has 0 N–H and O–H groups in total. The predicted octanol–water partition coefficient (Wildman–Crippen LogP) is 3.56. The van der Waals surface area contributed by atoms with E-state index in [9.17, 15) is 4.79 Å². The fraction of sp³-hybridized carbons (Fsp3) is 0.364. The molecule has 0 aliphatic rings. The summed E-state index contributed by atoms with van der Waals surface area (Å²) in [5.74, 6) is 0.595. The quantitative estimate of drug-likeness (QED) is 0.621. The van der Waals surface area contributed by atoms with Crippen LogP contribution in [0.3, 0.4) is 0 Å². The first-order valence-electron chi connectivity index (χ1n) is 4.59. The Morgan fingerprint density at radius 2 is 2.13 bits per heavy atom. The van der Waals surface area contributed by atoms with Gasteiger partial charge in [0.25, 0.3) is 0 Å². The van der Waals surface area contributed by atoms with Gasteiger partial charge in [0.2, 0.25) is 0 Å². The van der Waals surface area contributed by atoms with Gasteiger partial charge >= 0.3 is 0 Å². The largest absolute Gasteiger partial charge is 0.496 e. The molecule has 0 aliphatic heterocycles. The van der Waals surface area contributed by atoms with Crippen molar-refractivity contribution in [2.24, 2.45) is 0 Å². The van der Waals surface area contributed by atoms with Gasteiger partial charge in [0.05, 0.1) is 12.7 Å². The van der Waals surface area contributed by atoms with E-state index >= 15 is 0 Å². The van der Waals surface area contributed by atoms with Crippen molar-refractivity contribution >= 4 is 37.6 Å². The summed E-state index contributed by atoms with van der Waals surface area (Å²) < 4.78 is 4.83. The highest BCUT2D eigenvalue weighted by Gasteiger charge is 2.17. The zero-order valence-corrected chi connectivity index (χ0v) is 11.8. The molecule has 0 heterocycles. The molecule has 4 heteroatoms. The van der Waals surface area contributed by atoms with Crippen LogP contribution in [0.15, 0.2) is 18.2 Å². The number of carbonyl (C=O) groups excluding carboxylic acids is 1. The molecule has 0 fully saturated rings. The summed E-state index contributed by atoms with van der Waals surface area (Å²) in [4.78, 5) is 11.8. The highest BCUT2D eigenvalue weighted by atomic mass is 79.9. The molecule has 0 radical (unpaired) electrons. The molecule has 0 aromatic heterocycles. The first kappa shape index (κ1) is 12.7. The van der Waals surface area contributed by atoms with E-state index in [0.29, 0.717) is 11.3 Å². The molecule has 0 atom stereocenters. The molecule has 0 amide bonds. The second-order valence-electron chi connectivity index (χ2n) is 3.05. The number of ketones is 1. The Kier molecular flexibility index (Phi) is 4.80. The third-order valence-corrected chi connectivity index (χ3v) is 2.97. The lowest BCUT2D eigenvalue weighted by Gasteiger charge is -2.09. The number of hydrogen-bond acceptors (Lipinski definition) is 2. The van der Waals surface area contributed by atoms with Crippen molar-refractivity contribution in [1.82, 2.24) is 0 Å². The van der Waals surface area contributed by atoms with E-state index in [-0.39, 0.29) is 9.52 Å². The molecule has 0 spiro atoms. The zero-order chi connectivity index (χ0) is 11.4. The molecule has 15 heavy (non-hydrogen) atoms. The van der Waals surface area contributed by atoms with E-state index in [2.05, 4.69) is 38.8 Å². The van der Waals surface area contributed by atoms with Gasteiger partial charge in [-0.1, -0.05) is 44.8 Å². The number of ether oxygens (including phenoxy) is 1. The molecule has 1 aromatic carbocycles. The fourth-order valence-electron chi connectivity index (χ4n) is 1.28. The van der Waals surface area contributed by atoms with E-state index < -0.39 is 0 Å². The molecule has 0 aliphatic carbocycles. The van der Waals surface area contributed by atoms with E-state index in [1.54, 1.807) is 13.2 Å². The van der Waals surface area contributed by atoms with Crippen LogP contribution >= 0.6 is 31.9 Å². The topological polar surface area (TPSA) is 26.3 Å². The number of rotatable bonds is 4. The third kappa shape index (κ3) is 3.05. The Hall–Kier alpha value is -0.350. The maximum Gasteiger partial charge on any atom is 0.190 e. The number of aryl methyl sites for hydroxylation is 1. The summed E-state index contributed by atoms with van der Waals surface area (Å²) in [6.07, 6.45) is 0.927. The van der Waals surface area contributed by atoms with E-state index in [1.165, 1.54) is 0 Å². The molecule has 0 unspecified atom stereocenters. The first-order chi connectivity index (χ1) is 7.10. The standard InChI is InChI=1S/C11H12Br2O2/c1-3-7-4-5-8(9(6-7)15-2)10(14)11(12)13/h4-6,11H,3H2,1-2H3. The van der Waals surface area contributed by atoms with Crippen LogP contribution in [0.1, 0.15) is 22.8 Å². The minimum Gasteiger partial charge on any atom is -0.496 e. The Bertz CT molecular complexity index is 362. The molecule has 1 aromatic rings. The van der Waals surface area contributed by atoms with Gasteiger partial charge in [-0.3, -0.25) is 4.79 Å². The normalized spacial score (nSPS) is 10.5. The summed E-state index contributed by atoms with van der Waals surface area (Å²) in [6, 6.07) is 5.64. The number of alkyl halides is 2. The van der Waals surface area contributed by atoms with Crippen molar-refractivity contribution < 1.29 is 9.53 Å². The van der Waals surface area contributed by atoms with Crippen LogP contribution in [0.2, 0.25) is 0 Å². The lowest BCUT2D eigenvalue weighted by Crippen LogP contribution is -2.09. The van der Waals surface area contributed by atoms with Gasteiger partial charge in [0, 0.05) is 0 Å². The zero-order valence-electron chi connectivity index (χ0n) is 8.59. The van der Waals surface area contributed by atoms with Crippen LogP contribution in [0.4, 0.5) is 0 Å². The van der Waals surface area contributed by atoms with Gasteiger partial charge in [-0.2, -0.15) is 0 Å². The number of carbonyl (C=O) groups is 1. The number of halogens is 2. The average Bonchev–Trinajstić information content (AvgIpc) is 2.27. The molecule has 1 rings (SSSR count). The van der Waals surface area contributed by atoms with Crippen LogP contribution in [0.25, 0.3) is 0 Å². The highest BCUT2D eigenvalue weighted by Crippen LogP contribution is 2.25. The van der Waals surface area contributed by atoms with E-state index in [4.69, 9.17) is 4.74 Å². The van der Waals surface area contributed by atoms with E-state index in [1.807, 2.05) is 12.1 Å². The molecule has 82 valence electrons. The molecule has 2 nitrogen and oxygen atoms in total. The minimum atomic E-state index is -0.369. The summed E-state index contributed by atoms with van der Waals surface area (Å²) >= 11 is 6.37. The Morgan fingerprint density at radius 3 is 2.60 bits per heavy atom. The Labute approximate surface area is 106 Å². The summed E-state index contributed by atoms with van der Waals surface area (Å²) in [6.45, 7) is 2.06. The van der Waals surface area contributed by atoms with Crippen LogP contribution in [0, 0.1) is 0 Å². The predicted molar refractivity (Wildman–Crippen MR) is 68.3 cm³/mol. The number of hydrogen-bond donors (Lipinski definition) is 0. The van der Waals surface area contributed by atoms with Crippen LogP contribution in [-0.4, -0.2) is 16.6 Å². The van der Waals surface area contributed by atoms with Crippen molar-refractivity contribution in [1.29, 1.82) is 0 Å². The molecular formula is C11H12Br2O2. The summed E-state index contributed by atoms with van der Waals surface area (Å²) in [7, 11) is 1.57. The maximum absolute atomic E-state index is 11.8. The smallest absolute Gasteiger partial charge is 0.190 e. The first-order valence-corrected chi connectivity index (χ1v) is 6.42. The van der Waals surface area contributed by atoms with E-state index in [0.717, 1.165) is 12.0 Å². The Balaban J connectivity index is 3.13. The van der Waals surface area contributed by atoms with Crippen molar-refractivity contribution in [2.45, 2.75) is 17.1 Å². The van der Waals surface area contributed by atoms with Crippen molar-refractivity contribution in [2.75, 3.05) is 7.11 Å². The lowest BCUT2D eigenvalue weighted by atomic mass is 10.1. The Morgan fingerprint density at radius 1 is 1.47 bits per heavy atom. The second-order valence-corrected chi connectivity index (χ2v) is 6.11. The fourth-order valence-corrected chi connectivity index (χ4v) is 1.77. The van der Waals surface area contributed by atoms with Gasteiger partial charge in [0.1, 0.15) is 9.49 Å². The van der Waals surface area contributed by atoms with Gasteiger partial charge in [0.15, 0.2) is 5.78 Å². The van der Waals surface area contributed by atoms with Crippen LogP contribution in [0.5, 0.6) is 5.75 Å². The van der Waals surface area contributed by atoms with Gasteiger partial charge in [-0.25, -0.2) is 0 Å². The maximum atomic E-state index is 11.8. The van der Waals surface area contributed by atoms with Gasteiger partial charge < -0.3 is 4.74 Å². The molecule has 0 bridgehead atoms. The molecule has 0 saturated carbocycles. The van der Waals surface area contributed by atoms with Gasteiger partial charge in [-0.05, 0) is 24.1 Å². The van der Waals surface area contributed by atoms with Crippen molar-refractivity contribution in [3.63, 3.8) is 0 Å². The monoisotopic (exact) mass is 334 g/mol. The number of Topliss-reactive ketones (excluding diaryl/α,β-unsaturated/α-hetero) is 1. The highest BCUT2D eigenvalue weighted by molar-refractivity contribution is 9.25. The summed E-state index contributed by atoms with van der Waals surface area (Å²) in [5.41, 5.74) is 1.75. The minimum absolute atomic E-state index is 0.0329. The lowest BCUT2D eigenvalue weighted by molar-refractivity contribution is 0.101. The van der Waals surface area contributed by atoms with Crippen LogP contribution in [-0.2, 0) is 6.42 Å². The summed E-state index contributed by atoms with van der Waals surface area (Å²) in [5, 5.41) is 0. The third-order valence-electron chi connectivity index (χ3n) is 2.14. The van der Waals surface area contributed by atoms with Crippen molar-refractivity contribution in [3.8, 4) is 5.75 Å². The second kappa shape index (κ2) is 5.66.